The van der Waals surface area contributed by atoms with Gasteiger partial charge in [-0.2, -0.15) is 0 Å². The number of anilines is 1. The molecule has 5 nitrogen and oxygen atoms in total. The highest BCUT2D eigenvalue weighted by molar-refractivity contribution is 7.13. The molecule has 106 valence electrons. The Labute approximate surface area is 117 Å². The molecule has 0 atom stereocenters. The van der Waals surface area contributed by atoms with Crippen LogP contribution in [0.4, 0.5) is 5.13 Å². The van der Waals surface area contributed by atoms with Crippen molar-refractivity contribution in [1.29, 1.82) is 0 Å². The molecular formula is C13H21N3O2S. The zero-order valence-corrected chi connectivity index (χ0v) is 12.2. The topological polar surface area (TPSA) is 56.7 Å². The first-order valence-electron chi connectivity index (χ1n) is 6.76. The van der Waals surface area contributed by atoms with Crippen LogP contribution in [0.3, 0.4) is 0 Å². The second kappa shape index (κ2) is 6.86. The molecule has 2 rings (SSSR count). The standard InChI is InChI=1S/C13H21N3O2S/c1-11-10-19-13(14-11)16(7-4-12(17)18)9-8-15-5-2-3-6-15/h10H,2-9H2,1H3,(H,17,18). The van der Waals surface area contributed by atoms with Crippen molar-refractivity contribution in [1.82, 2.24) is 9.88 Å². The molecule has 1 fully saturated rings. The third-order valence-corrected chi connectivity index (χ3v) is 4.38. The molecule has 0 spiro atoms. The van der Waals surface area contributed by atoms with Gasteiger partial charge in [0.05, 0.1) is 12.1 Å². The van der Waals surface area contributed by atoms with E-state index in [0.29, 0.717) is 6.54 Å². The molecular weight excluding hydrogens is 262 g/mol. The summed E-state index contributed by atoms with van der Waals surface area (Å²) in [6, 6.07) is 0. The Balaban J connectivity index is 1.90. The van der Waals surface area contributed by atoms with Crippen molar-refractivity contribution in [3.8, 4) is 0 Å². The van der Waals surface area contributed by atoms with Gasteiger partial charge in [-0.3, -0.25) is 4.79 Å². The maximum absolute atomic E-state index is 10.7. The number of aromatic nitrogens is 1. The molecule has 1 N–H and O–H groups in total. The van der Waals surface area contributed by atoms with E-state index < -0.39 is 5.97 Å². The molecule has 0 aromatic carbocycles. The van der Waals surface area contributed by atoms with Gasteiger partial charge in [-0.05, 0) is 32.9 Å². The second-order valence-corrected chi connectivity index (χ2v) is 5.79. The number of carboxylic acid groups (broad SMARTS) is 1. The summed E-state index contributed by atoms with van der Waals surface area (Å²) in [6.45, 7) is 6.71. The Bertz CT molecular complexity index is 416. The lowest BCUT2D eigenvalue weighted by Crippen LogP contribution is -2.35. The van der Waals surface area contributed by atoms with Gasteiger partial charge in [-0.15, -0.1) is 11.3 Å². The molecule has 0 saturated carbocycles. The fourth-order valence-electron chi connectivity index (χ4n) is 2.29. The monoisotopic (exact) mass is 283 g/mol. The summed E-state index contributed by atoms with van der Waals surface area (Å²) in [5.74, 6) is -0.751. The first kappa shape index (κ1) is 14.3. The maximum Gasteiger partial charge on any atom is 0.305 e. The summed E-state index contributed by atoms with van der Waals surface area (Å²) >= 11 is 1.60. The molecule has 1 aromatic heterocycles. The zero-order chi connectivity index (χ0) is 13.7. The maximum atomic E-state index is 10.7. The Kier molecular flexibility index (Phi) is 5.15. The lowest BCUT2D eigenvalue weighted by atomic mass is 10.4. The summed E-state index contributed by atoms with van der Waals surface area (Å²) < 4.78 is 0. The van der Waals surface area contributed by atoms with Gasteiger partial charge in [0.2, 0.25) is 0 Å². The number of carboxylic acids is 1. The number of nitrogens with zero attached hydrogens (tertiary/aromatic N) is 3. The molecule has 1 aromatic rings. The van der Waals surface area contributed by atoms with Gasteiger partial charge in [-0.1, -0.05) is 0 Å². The van der Waals surface area contributed by atoms with Crippen molar-refractivity contribution in [2.45, 2.75) is 26.2 Å². The molecule has 6 heteroatoms. The number of aryl methyl sites for hydroxylation is 1. The molecule has 19 heavy (non-hydrogen) atoms. The van der Waals surface area contributed by atoms with Crippen LogP contribution in [-0.4, -0.2) is 53.7 Å². The predicted molar refractivity (Wildman–Crippen MR) is 77.0 cm³/mol. The van der Waals surface area contributed by atoms with Crippen molar-refractivity contribution in [3.05, 3.63) is 11.1 Å². The smallest absolute Gasteiger partial charge is 0.305 e. The van der Waals surface area contributed by atoms with Gasteiger partial charge < -0.3 is 14.9 Å². The Morgan fingerprint density at radius 3 is 2.79 bits per heavy atom. The first-order valence-corrected chi connectivity index (χ1v) is 7.64. The molecule has 1 aliphatic rings. The largest absolute Gasteiger partial charge is 0.481 e. The molecule has 1 saturated heterocycles. The van der Waals surface area contributed by atoms with Crippen molar-refractivity contribution in [3.63, 3.8) is 0 Å². The predicted octanol–water partition coefficient (Wildman–Crippen LogP) is 1.83. The number of likely N-dealkylation sites (tertiary alicyclic amines) is 1. The summed E-state index contributed by atoms with van der Waals surface area (Å²) in [7, 11) is 0. The number of hydrogen-bond donors (Lipinski definition) is 1. The third-order valence-electron chi connectivity index (χ3n) is 3.36. The molecule has 0 amide bonds. The van der Waals surface area contributed by atoms with Crippen molar-refractivity contribution in [2.75, 3.05) is 37.6 Å². The quantitative estimate of drug-likeness (QED) is 0.827. The van der Waals surface area contributed by atoms with Gasteiger partial charge in [0, 0.05) is 25.0 Å². The fourth-order valence-corrected chi connectivity index (χ4v) is 3.15. The molecule has 2 heterocycles. The number of carbonyl (C=O) groups is 1. The Morgan fingerprint density at radius 1 is 1.47 bits per heavy atom. The lowest BCUT2D eigenvalue weighted by molar-refractivity contribution is -0.136. The Hall–Kier alpha value is -1.14. The minimum absolute atomic E-state index is 0.165. The number of thiazole rings is 1. The molecule has 0 radical (unpaired) electrons. The van der Waals surface area contributed by atoms with E-state index in [-0.39, 0.29) is 6.42 Å². The van der Waals surface area contributed by atoms with Gasteiger partial charge >= 0.3 is 5.97 Å². The number of rotatable bonds is 7. The van der Waals surface area contributed by atoms with Crippen LogP contribution >= 0.6 is 11.3 Å². The van der Waals surface area contributed by atoms with Crippen LogP contribution in [0.2, 0.25) is 0 Å². The van der Waals surface area contributed by atoms with E-state index in [1.807, 2.05) is 12.3 Å². The van der Waals surface area contributed by atoms with Crippen LogP contribution in [0.15, 0.2) is 5.38 Å². The summed E-state index contributed by atoms with van der Waals surface area (Å²) in [6.07, 6.45) is 2.73. The first-order chi connectivity index (χ1) is 9.15. The van der Waals surface area contributed by atoms with Crippen LogP contribution in [0.25, 0.3) is 0 Å². The van der Waals surface area contributed by atoms with Gasteiger partial charge in [0.15, 0.2) is 5.13 Å². The number of aliphatic carboxylic acids is 1. The SMILES string of the molecule is Cc1csc(N(CCC(=O)O)CCN2CCCC2)n1. The highest BCUT2D eigenvalue weighted by Gasteiger charge is 2.16. The van der Waals surface area contributed by atoms with Crippen molar-refractivity contribution < 1.29 is 9.90 Å². The van der Waals surface area contributed by atoms with E-state index in [4.69, 9.17) is 5.11 Å². The average Bonchev–Trinajstić information content (AvgIpc) is 3.00. The van der Waals surface area contributed by atoms with Crippen LogP contribution in [0.5, 0.6) is 0 Å². The van der Waals surface area contributed by atoms with E-state index >= 15 is 0 Å². The lowest BCUT2D eigenvalue weighted by Gasteiger charge is -2.24. The van der Waals surface area contributed by atoms with E-state index in [2.05, 4.69) is 14.8 Å². The summed E-state index contributed by atoms with van der Waals surface area (Å²) in [5.41, 5.74) is 1.00. The average molecular weight is 283 g/mol. The second-order valence-electron chi connectivity index (χ2n) is 4.95. The highest BCUT2D eigenvalue weighted by atomic mass is 32.1. The van der Waals surface area contributed by atoms with E-state index in [9.17, 15) is 4.79 Å². The minimum atomic E-state index is -0.751. The molecule has 0 bridgehead atoms. The van der Waals surface area contributed by atoms with Gasteiger partial charge in [0.1, 0.15) is 0 Å². The minimum Gasteiger partial charge on any atom is -0.481 e. The van der Waals surface area contributed by atoms with Gasteiger partial charge in [0.25, 0.3) is 0 Å². The van der Waals surface area contributed by atoms with Crippen molar-refractivity contribution >= 4 is 22.4 Å². The van der Waals surface area contributed by atoms with Gasteiger partial charge in [-0.25, -0.2) is 4.98 Å². The van der Waals surface area contributed by atoms with Crippen LogP contribution < -0.4 is 4.90 Å². The highest BCUT2D eigenvalue weighted by Crippen LogP contribution is 2.20. The molecule has 0 aliphatic carbocycles. The fraction of sp³-hybridized carbons (Fsp3) is 0.692. The summed E-state index contributed by atoms with van der Waals surface area (Å²) in [5, 5.41) is 11.8. The third kappa shape index (κ3) is 4.47. The van der Waals surface area contributed by atoms with Crippen LogP contribution in [0.1, 0.15) is 25.0 Å². The summed E-state index contributed by atoms with van der Waals surface area (Å²) in [4.78, 5) is 19.8. The van der Waals surface area contributed by atoms with Crippen molar-refractivity contribution in [2.24, 2.45) is 0 Å². The van der Waals surface area contributed by atoms with Crippen LogP contribution in [-0.2, 0) is 4.79 Å². The van der Waals surface area contributed by atoms with Crippen LogP contribution in [0, 0.1) is 6.92 Å². The Morgan fingerprint density at radius 2 is 2.21 bits per heavy atom. The van der Waals surface area contributed by atoms with E-state index in [0.717, 1.165) is 23.9 Å². The number of hydrogen-bond acceptors (Lipinski definition) is 5. The van der Waals surface area contributed by atoms with E-state index in [1.54, 1.807) is 11.3 Å². The van der Waals surface area contributed by atoms with E-state index in [1.165, 1.54) is 25.9 Å². The molecule has 1 aliphatic heterocycles. The normalized spacial score (nSPS) is 15.8. The molecule has 0 unspecified atom stereocenters. The zero-order valence-electron chi connectivity index (χ0n) is 11.3.